The summed E-state index contributed by atoms with van der Waals surface area (Å²) in [6, 6.07) is 0. The Morgan fingerprint density at radius 1 is 1.27 bits per heavy atom. The maximum Gasteiger partial charge on any atom is 0.306 e. The highest BCUT2D eigenvalue weighted by atomic mass is 16.6. The second kappa shape index (κ2) is 3.06. The van der Waals surface area contributed by atoms with Crippen molar-refractivity contribution >= 4 is 11.8 Å². The predicted octanol–water partition coefficient (Wildman–Crippen LogP) is 1.84. The average molecular weight is 208 g/mol. The Balaban J connectivity index is 1.93. The van der Waals surface area contributed by atoms with Gasteiger partial charge in [0.15, 0.2) is 0 Å². The highest BCUT2D eigenvalue weighted by Gasteiger charge is 2.56. The summed E-state index contributed by atoms with van der Waals surface area (Å²) in [7, 11) is 0. The molecule has 0 aromatic heterocycles. The van der Waals surface area contributed by atoms with Crippen LogP contribution in [0.15, 0.2) is 0 Å². The zero-order valence-corrected chi connectivity index (χ0v) is 8.83. The Hall–Kier alpha value is -0.860. The van der Waals surface area contributed by atoms with Crippen molar-refractivity contribution in [3.05, 3.63) is 0 Å². The molecule has 2 saturated carbocycles. The van der Waals surface area contributed by atoms with Gasteiger partial charge in [-0.25, -0.2) is 0 Å². The lowest BCUT2D eigenvalue weighted by Crippen LogP contribution is -2.45. The van der Waals surface area contributed by atoms with E-state index >= 15 is 0 Å². The molecule has 0 amide bonds. The van der Waals surface area contributed by atoms with Gasteiger partial charge in [0, 0.05) is 18.3 Å². The molecule has 1 spiro atoms. The van der Waals surface area contributed by atoms with Crippen molar-refractivity contribution in [2.24, 2.45) is 11.3 Å². The number of ether oxygens (including phenoxy) is 1. The summed E-state index contributed by atoms with van der Waals surface area (Å²) in [4.78, 5) is 22.9. The van der Waals surface area contributed by atoms with E-state index in [2.05, 4.69) is 0 Å². The Kier molecular flexibility index (Phi) is 1.91. The van der Waals surface area contributed by atoms with Crippen LogP contribution in [0.1, 0.15) is 44.9 Å². The molecular formula is C12H16O3. The van der Waals surface area contributed by atoms with Crippen LogP contribution >= 0.6 is 0 Å². The number of hydrogen-bond donors (Lipinski definition) is 0. The summed E-state index contributed by atoms with van der Waals surface area (Å²) in [6.07, 6.45) is 6.14. The Bertz CT molecular complexity index is 323. The van der Waals surface area contributed by atoms with Gasteiger partial charge in [-0.2, -0.15) is 0 Å². The van der Waals surface area contributed by atoms with Crippen LogP contribution in [0.4, 0.5) is 0 Å². The van der Waals surface area contributed by atoms with Crippen LogP contribution in [-0.2, 0) is 14.3 Å². The minimum Gasteiger partial charge on any atom is -0.462 e. The molecule has 2 aliphatic carbocycles. The van der Waals surface area contributed by atoms with E-state index in [-0.39, 0.29) is 17.5 Å². The highest BCUT2D eigenvalue weighted by Crippen LogP contribution is 2.55. The van der Waals surface area contributed by atoms with Gasteiger partial charge < -0.3 is 4.74 Å². The molecule has 0 aromatic carbocycles. The molecule has 0 N–H and O–H groups in total. The molecule has 3 fully saturated rings. The summed E-state index contributed by atoms with van der Waals surface area (Å²) in [5, 5.41) is 0. The first-order valence-electron chi connectivity index (χ1n) is 5.92. The summed E-state index contributed by atoms with van der Waals surface area (Å²) >= 11 is 0. The van der Waals surface area contributed by atoms with Crippen LogP contribution in [0.3, 0.4) is 0 Å². The van der Waals surface area contributed by atoms with Gasteiger partial charge in [-0.1, -0.05) is 0 Å². The molecule has 0 unspecified atom stereocenters. The van der Waals surface area contributed by atoms with Crippen molar-refractivity contribution in [2.75, 3.05) is 0 Å². The minimum atomic E-state index is -0.0405. The Morgan fingerprint density at radius 3 is 3.00 bits per heavy atom. The first kappa shape index (κ1) is 9.37. The smallest absolute Gasteiger partial charge is 0.306 e. The molecule has 1 saturated heterocycles. The van der Waals surface area contributed by atoms with E-state index in [1.165, 1.54) is 0 Å². The van der Waals surface area contributed by atoms with Gasteiger partial charge in [0.2, 0.25) is 0 Å². The van der Waals surface area contributed by atoms with Crippen molar-refractivity contribution in [3.8, 4) is 0 Å². The van der Waals surface area contributed by atoms with Crippen LogP contribution in [0.25, 0.3) is 0 Å². The van der Waals surface area contributed by atoms with Crippen molar-refractivity contribution < 1.29 is 14.3 Å². The molecule has 3 heteroatoms. The topological polar surface area (TPSA) is 43.4 Å². The molecule has 3 nitrogen and oxygen atoms in total. The average Bonchev–Trinajstić information content (AvgIpc) is 2.52. The molecule has 15 heavy (non-hydrogen) atoms. The van der Waals surface area contributed by atoms with Crippen LogP contribution in [0, 0.1) is 11.3 Å². The normalized spacial score (nSPS) is 44.5. The first-order valence-corrected chi connectivity index (χ1v) is 5.92. The summed E-state index contributed by atoms with van der Waals surface area (Å²) in [5.41, 5.74) is 0.0449. The van der Waals surface area contributed by atoms with E-state index in [4.69, 9.17) is 4.74 Å². The first-order chi connectivity index (χ1) is 7.21. The number of rotatable bonds is 0. The largest absolute Gasteiger partial charge is 0.462 e. The third-order valence-corrected chi connectivity index (χ3v) is 4.56. The molecule has 3 atom stereocenters. The van der Waals surface area contributed by atoms with E-state index in [1.54, 1.807) is 0 Å². The Morgan fingerprint density at radius 2 is 2.13 bits per heavy atom. The zero-order chi connectivity index (χ0) is 10.5. The predicted molar refractivity (Wildman–Crippen MR) is 53.1 cm³/mol. The molecule has 0 aromatic rings. The molecule has 0 bridgehead atoms. The number of carbonyl (C=O) groups is 2. The van der Waals surface area contributed by atoms with Crippen LogP contribution in [0.5, 0.6) is 0 Å². The summed E-state index contributed by atoms with van der Waals surface area (Å²) in [6.45, 7) is 0. The fraction of sp³-hybridized carbons (Fsp3) is 0.833. The molecule has 1 aliphatic heterocycles. The SMILES string of the molecule is O=C1CC[C@]23CC(=O)O[C@@H]2CCC[C@@H]3C1. The van der Waals surface area contributed by atoms with Crippen molar-refractivity contribution in [1.82, 2.24) is 0 Å². The van der Waals surface area contributed by atoms with Crippen LogP contribution in [0.2, 0.25) is 0 Å². The number of Topliss-reactive ketones (excluding diaryl/α,β-unsaturated/α-hetero) is 1. The standard InChI is InChI=1S/C12H16O3/c13-9-4-5-12-7-11(14)15-10(12)3-1-2-8(12)6-9/h8,10H,1-7H2/t8-,10-,12-/m1/s1. The van der Waals surface area contributed by atoms with Gasteiger partial charge in [-0.3, -0.25) is 9.59 Å². The fourth-order valence-corrected chi connectivity index (χ4v) is 3.80. The van der Waals surface area contributed by atoms with Crippen LogP contribution in [-0.4, -0.2) is 17.9 Å². The molecule has 0 radical (unpaired) electrons. The lowest BCUT2D eigenvalue weighted by atomic mass is 9.57. The third-order valence-electron chi connectivity index (χ3n) is 4.56. The maximum atomic E-state index is 11.5. The van der Waals surface area contributed by atoms with Gasteiger partial charge in [-0.15, -0.1) is 0 Å². The number of hydrogen-bond acceptors (Lipinski definition) is 3. The quantitative estimate of drug-likeness (QED) is 0.570. The number of ketones is 1. The Labute approximate surface area is 89.2 Å². The van der Waals surface area contributed by atoms with Gasteiger partial charge in [-0.05, 0) is 31.6 Å². The highest BCUT2D eigenvalue weighted by molar-refractivity contribution is 5.81. The lowest BCUT2D eigenvalue weighted by Gasteiger charge is -2.46. The third kappa shape index (κ3) is 1.25. The van der Waals surface area contributed by atoms with Gasteiger partial charge in [0.1, 0.15) is 11.9 Å². The summed E-state index contributed by atoms with van der Waals surface area (Å²) < 4.78 is 5.41. The lowest BCUT2D eigenvalue weighted by molar-refractivity contribution is -0.143. The van der Waals surface area contributed by atoms with Crippen molar-refractivity contribution in [2.45, 2.75) is 51.0 Å². The second-order valence-electron chi connectivity index (χ2n) is 5.26. The molecular weight excluding hydrogens is 192 g/mol. The van der Waals surface area contributed by atoms with E-state index < -0.39 is 0 Å². The van der Waals surface area contributed by atoms with Gasteiger partial charge in [0.05, 0.1) is 6.42 Å². The molecule has 3 rings (SSSR count). The van der Waals surface area contributed by atoms with Crippen molar-refractivity contribution in [1.29, 1.82) is 0 Å². The minimum absolute atomic E-state index is 0.0405. The number of carbonyl (C=O) groups excluding carboxylic acids is 2. The maximum absolute atomic E-state index is 11.5. The zero-order valence-electron chi connectivity index (χ0n) is 8.83. The van der Waals surface area contributed by atoms with E-state index in [9.17, 15) is 9.59 Å². The van der Waals surface area contributed by atoms with Crippen molar-refractivity contribution in [3.63, 3.8) is 0 Å². The van der Waals surface area contributed by atoms with Gasteiger partial charge in [0.25, 0.3) is 0 Å². The fourth-order valence-electron chi connectivity index (χ4n) is 3.80. The monoisotopic (exact) mass is 208 g/mol. The summed E-state index contributed by atoms with van der Waals surface area (Å²) in [5.74, 6) is 0.760. The van der Waals surface area contributed by atoms with E-state index in [1.807, 2.05) is 0 Å². The molecule has 82 valence electrons. The second-order valence-corrected chi connectivity index (χ2v) is 5.26. The molecule has 3 aliphatic rings. The van der Waals surface area contributed by atoms with E-state index in [0.29, 0.717) is 31.0 Å². The van der Waals surface area contributed by atoms with E-state index in [0.717, 1.165) is 25.7 Å². The van der Waals surface area contributed by atoms with Crippen LogP contribution < -0.4 is 0 Å². The number of esters is 1. The van der Waals surface area contributed by atoms with Gasteiger partial charge >= 0.3 is 5.97 Å². The molecule has 1 heterocycles.